The summed E-state index contributed by atoms with van der Waals surface area (Å²) in [4.78, 5) is 11.9. The maximum atomic E-state index is 11.9. The first-order valence-electron chi connectivity index (χ1n) is 9.82. The predicted molar refractivity (Wildman–Crippen MR) is 123 cm³/mol. The van der Waals surface area contributed by atoms with Crippen LogP contribution in [0.3, 0.4) is 0 Å². The molecule has 2 aromatic rings. The number of halogens is 2. The molecule has 2 N–H and O–H groups in total. The Labute approximate surface area is 188 Å². The van der Waals surface area contributed by atoms with E-state index in [1.165, 1.54) is 19.3 Å². The number of hydrazone groups is 1. The van der Waals surface area contributed by atoms with Crippen LogP contribution >= 0.6 is 31.9 Å². The molecular formula is C22H25Br2N3O2. The summed E-state index contributed by atoms with van der Waals surface area (Å²) in [5.41, 5.74) is 4.54. The minimum Gasteiger partial charge on any atom is -0.488 e. The van der Waals surface area contributed by atoms with Gasteiger partial charge in [0, 0.05) is 10.5 Å². The summed E-state index contributed by atoms with van der Waals surface area (Å²) in [6, 6.07) is 14.2. The van der Waals surface area contributed by atoms with E-state index in [1.807, 2.05) is 42.5 Å². The molecule has 1 aliphatic rings. The Morgan fingerprint density at radius 2 is 1.86 bits per heavy atom. The summed E-state index contributed by atoms with van der Waals surface area (Å²) in [6.07, 6.45) is 7.73. The van der Waals surface area contributed by atoms with Gasteiger partial charge in [-0.05, 0) is 70.2 Å². The zero-order chi connectivity index (χ0) is 20.5. The minimum atomic E-state index is -0.125. The molecule has 0 heterocycles. The standard InChI is InChI=1S/C22H25Br2N3O2/c23-18-9-6-16(7-10-18)15-29-21-11-8-17(12-20(21)24)13-26-27-22(28)14-25-19-4-2-1-3-5-19/h6-13,19,25H,1-5,14-15H2,(H,27,28)/b26-13-. The molecule has 0 radical (unpaired) electrons. The number of nitrogens with one attached hydrogen (secondary N) is 2. The van der Waals surface area contributed by atoms with Crippen LogP contribution in [0.4, 0.5) is 0 Å². The van der Waals surface area contributed by atoms with Gasteiger partial charge in [0.2, 0.25) is 0 Å². The highest BCUT2D eigenvalue weighted by Crippen LogP contribution is 2.26. The smallest absolute Gasteiger partial charge is 0.254 e. The van der Waals surface area contributed by atoms with Crippen LogP contribution in [0.5, 0.6) is 5.75 Å². The van der Waals surface area contributed by atoms with Crippen molar-refractivity contribution in [2.75, 3.05) is 6.54 Å². The fourth-order valence-corrected chi connectivity index (χ4v) is 3.99. The average molecular weight is 523 g/mol. The lowest BCUT2D eigenvalue weighted by Gasteiger charge is -2.22. The van der Waals surface area contributed by atoms with E-state index < -0.39 is 0 Å². The highest BCUT2D eigenvalue weighted by molar-refractivity contribution is 9.10. The molecule has 29 heavy (non-hydrogen) atoms. The van der Waals surface area contributed by atoms with Crippen LogP contribution in [0.15, 0.2) is 56.5 Å². The average Bonchev–Trinajstić information content (AvgIpc) is 2.73. The van der Waals surface area contributed by atoms with Crippen LogP contribution in [0.1, 0.15) is 43.2 Å². The van der Waals surface area contributed by atoms with E-state index in [9.17, 15) is 4.79 Å². The van der Waals surface area contributed by atoms with E-state index in [0.29, 0.717) is 19.2 Å². The van der Waals surface area contributed by atoms with Crippen molar-refractivity contribution in [2.24, 2.45) is 5.10 Å². The third-order valence-corrected chi connectivity index (χ3v) is 5.97. The lowest BCUT2D eigenvalue weighted by atomic mass is 9.95. The van der Waals surface area contributed by atoms with Crippen LogP contribution in [-0.2, 0) is 11.4 Å². The van der Waals surface area contributed by atoms with Crippen molar-refractivity contribution in [2.45, 2.75) is 44.8 Å². The quantitative estimate of drug-likeness (QED) is 0.371. The second-order valence-corrected chi connectivity index (χ2v) is 8.88. The summed E-state index contributed by atoms with van der Waals surface area (Å²) < 4.78 is 7.75. The van der Waals surface area contributed by atoms with Crippen LogP contribution in [0.2, 0.25) is 0 Å². The Bertz CT molecular complexity index is 834. The van der Waals surface area contributed by atoms with Gasteiger partial charge in [-0.15, -0.1) is 0 Å². The Kier molecular flexibility index (Phi) is 8.70. The third kappa shape index (κ3) is 7.57. The maximum absolute atomic E-state index is 11.9. The van der Waals surface area contributed by atoms with E-state index in [-0.39, 0.29) is 5.91 Å². The van der Waals surface area contributed by atoms with Crippen molar-refractivity contribution in [3.05, 3.63) is 62.5 Å². The Balaban J connectivity index is 1.44. The van der Waals surface area contributed by atoms with Crippen molar-refractivity contribution >= 4 is 44.0 Å². The number of carbonyl (C=O) groups excluding carboxylic acids is 1. The highest BCUT2D eigenvalue weighted by atomic mass is 79.9. The molecule has 1 aliphatic carbocycles. The summed E-state index contributed by atoms with van der Waals surface area (Å²) in [5.74, 6) is 0.631. The number of carbonyl (C=O) groups is 1. The fraction of sp³-hybridized carbons (Fsp3) is 0.364. The number of ether oxygens (including phenoxy) is 1. The first kappa shape index (κ1) is 22.0. The first-order valence-corrected chi connectivity index (χ1v) is 11.4. The normalized spacial score (nSPS) is 14.8. The lowest BCUT2D eigenvalue weighted by Crippen LogP contribution is -2.38. The molecule has 0 spiro atoms. The van der Waals surface area contributed by atoms with Crippen LogP contribution in [0, 0.1) is 0 Å². The molecule has 1 fully saturated rings. The van der Waals surface area contributed by atoms with Gasteiger partial charge in [-0.2, -0.15) is 5.10 Å². The zero-order valence-electron chi connectivity index (χ0n) is 16.2. The number of nitrogens with zero attached hydrogens (tertiary/aromatic N) is 1. The Morgan fingerprint density at radius 3 is 2.59 bits per heavy atom. The number of rotatable bonds is 8. The van der Waals surface area contributed by atoms with Crippen molar-refractivity contribution in [1.29, 1.82) is 0 Å². The first-order chi connectivity index (χ1) is 14.1. The number of hydrogen-bond acceptors (Lipinski definition) is 4. The van der Waals surface area contributed by atoms with Crippen LogP contribution in [-0.4, -0.2) is 24.7 Å². The maximum Gasteiger partial charge on any atom is 0.254 e. The molecule has 0 aliphatic heterocycles. The van der Waals surface area contributed by atoms with Gasteiger partial charge in [-0.25, -0.2) is 5.43 Å². The van der Waals surface area contributed by atoms with Gasteiger partial charge in [-0.3, -0.25) is 4.79 Å². The summed E-state index contributed by atoms with van der Waals surface area (Å²) >= 11 is 6.96. The molecule has 0 bridgehead atoms. The molecule has 1 amide bonds. The fourth-order valence-electron chi connectivity index (χ4n) is 3.22. The number of amides is 1. The largest absolute Gasteiger partial charge is 0.488 e. The molecule has 154 valence electrons. The van der Waals surface area contributed by atoms with Gasteiger partial charge in [0.05, 0.1) is 17.2 Å². The van der Waals surface area contributed by atoms with Crippen LogP contribution in [0.25, 0.3) is 0 Å². The molecule has 5 nitrogen and oxygen atoms in total. The van der Waals surface area contributed by atoms with Gasteiger partial charge < -0.3 is 10.1 Å². The summed E-state index contributed by atoms with van der Waals surface area (Å²) in [7, 11) is 0. The SMILES string of the molecule is O=C(CNC1CCCCC1)N/N=C\c1ccc(OCc2ccc(Br)cc2)c(Br)c1. The molecule has 3 rings (SSSR count). The lowest BCUT2D eigenvalue weighted by molar-refractivity contribution is -0.120. The minimum absolute atomic E-state index is 0.125. The molecular weight excluding hydrogens is 498 g/mol. The monoisotopic (exact) mass is 521 g/mol. The topological polar surface area (TPSA) is 62.7 Å². The summed E-state index contributed by atoms with van der Waals surface area (Å²) in [6.45, 7) is 0.790. The van der Waals surface area contributed by atoms with Gasteiger partial charge in [0.1, 0.15) is 12.4 Å². The number of hydrogen-bond donors (Lipinski definition) is 2. The Morgan fingerprint density at radius 1 is 1.10 bits per heavy atom. The molecule has 1 saturated carbocycles. The molecule has 2 aromatic carbocycles. The van der Waals surface area contributed by atoms with Gasteiger partial charge in [0.25, 0.3) is 5.91 Å². The van der Waals surface area contributed by atoms with Crippen molar-refractivity contribution in [3.63, 3.8) is 0 Å². The predicted octanol–water partition coefficient (Wildman–Crippen LogP) is 5.16. The van der Waals surface area contributed by atoms with Crippen molar-refractivity contribution in [3.8, 4) is 5.75 Å². The molecule has 0 saturated heterocycles. The van der Waals surface area contributed by atoms with E-state index in [0.717, 1.165) is 38.7 Å². The second-order valence-electron chi connectivity index (χ2n) is 7.11. The number of benzene rings is 2. The van der Waals surface area contributed by atoms with E-state index in [2.05, 4.69) is 47.7 Å². The van der Waals surface area contributed by atoms with E-state index >= 15 is 0 Å². The second kappa shape index (κ2) is 11.5. The highest BCUT2D eigenvalue weighted by Gasteiger charge is 2.13. The van der Waals surface area contributed by atoms with Crippen LogP contribution < -0.4 is 15.5 Å². The van der Waals surface area contributed by atoms with Gasteiger partial charge in [-0.1, -0.05) is 47.3 Å². The van der Waals surface area contributed by atoms with Crippen molar-refractivity contribution in [1.82, 2.24) is 10.7 Å². The zero-order valence-corrected chi connectivity index (χ0v) is 19.3. The third-order valence-electron chi connectivity index (χ3n) is 4.82. The van der Waals surface area contributed by atoms with E-state index in [4.69, 9.17) is 4.74 Å². The molecule has 0 aromatic heterocycles. The molecule has 0 atom stereocenters. The van der Waals surface area contributed by atoms with E-state index in [1.54, 1.807) is 6.21 Å². The summed E-state index contributed by atoms with van der Waals surface area (Å²) in [5, 5.41) is 7.35. The molecule has 7 heteroatoms. The van der Waals surface area contributed by atoms with Crippen molar-refractivity contribution < 1.29 is 9.53 Å². The Hall–Kier alpha value is -1.70. The van der Waals surface area contributed by atoms with Gasteiger partial charge >= 0.3 is 0 Å². The molecule has 0 unspecified atom stereocenters. The van der Waals surface area contributed by atoms with Gasteiger partial charge in [0.15, 0.2) is 0 Å².